The van der Waals surface area contributed by atoms with Crippen molar-refractivity contribution in [3.05, 3.63) is 29.8 Å². The van der Waals surface area contributed by atoms with Crippen LogP contribution >= 0.6 is 0 Å². The first-order chi connectivity index (χ1) is 4.83. The van der Waals surface area contributed by atoms with Gasteiger partial charge in [0, 0.05) is 0 Å². The van der Waals surface area contributed by atoms with Crippen LogP contribution in [0.2, 0.25) is 0 Å². The van der Waals surface area contributed by atoms with Gasteiger partial charge < -0.3 is 0 Å². The van der Waals surface area contributed by atoms with E-state index in [2.05, 4.69) is 0 Å². The Morgan fingerprint density at radius 3 is 2.40 bits per heavy atom. The fourth-order valence-electron chi connectivity index (χ4n) is 0.672. The maximum atomic E-state index is 10.0. The SMILES string of the molecule is Cc1ccc([O][Al]=[O])cc1. The van der Waals surface area contributed by atoms with Crippen LogP contribution in [-0.4, -0.2) is 15.5 Å². The minimum atomic E-state index is -1.13. The van der Waals surface area contributed by atoms with Crippen molar-refractivity contribution in [1.29, 1.82) is 0 Å². The molecule has 0 aliphatic carbocycles. The van der Waals surface area contributed by atoms with Gasteiger partial charge in [-0.15, -0.1) is 0 Å². The molecule has 0 aliphatic heterocycles. The summed E-state index contributed by atoms with van der Waals surface area (Å²) in [7, 11) is 0. The Hall–Kier alpha value is -0.648. The van der Waals surface area contributed by atoms with Crippen molar-refractivity contribution in [1.82, 2.24) is 0 Å². The molecule has 1 aromatic carbocycles. The van der Waals surface area contributed by atoms with Crippen molar-refractivity contribution in [3.8, 4) is 5.75 Å². The van der Waals surface area contributed by atoms with E-state index in [1.165, 1.54) is 5.56 Å². The van der Waals surface area contributed by atoms with Crippen molar-refractivity contribution >= 4 is 15.5 Å². The Labute approximate surface area is 66.1 Å². The number of benzene rings is 1. The summed E-state index contributed by atoms with van der Waals surface area (Å²) < 4.78 is 14.8. The number of aryl methyl sites for hydroxylation is 1. The van der Waals surface area contributed by atoms with Gasteiger partial charge in [0.05, 0.1) is 0 Å². The number of hydrogen-bond acceptors (Lipinski definition) is 2. The molecule has 0 spiro atoms. The fourth-order valence-corrected chi connectivity index (χ4v) is 0.941. The van der Waals surface area contributed by atoms with Gasteiger partial charge >= 0.3 is 65.6 Å². The van der Waals surface area contributed by atoms with Crippen LogP contribution in [0.25, 0.3) is 0 Å². The van der Waals surface area contributed by atoms with Crippen molar-refractivity contribution in [3.63, 3.8) is 0 Å². The molecule has 1 aromatic rings. The average molecular weight is 150 g/mol. The Morgan fingerprint density at radius 1 is 1.30 bits per heavy atom. The van der Waals surface area contributed by atoms with E-state index >= 15 is 0 Å². The standard InChI is InChI=1S/C7H8O.Al.O/c1-6-2-4-7(8)5-3-6;;/h2-5,8H,1H3;;/q;+1;/p-1. The average Bonchev–Trinajstić information content (AvgIpc) is 1.95. The molecule has 50 valence electrons. The Balaban J connectivity index is 2.78. The molecule has 0 saturated heterocycles. The van der Waals surface area contributed by atoms with E-state index in [0.717, 1.165) is 0 Å². The molecule has 1 rings (SSSR count). The van der Waals surface area contributed by atoms with Gasteiger partial charge in [-0.3, -0.25) is 0 Å². The first kappa shape index (κ1) is 7.46. The monoisotopic (exact) mass is 150 g/mol. The molecule has 0 unspecified atom stereocenters. The summed E-state index contributed by atoms with van der Waals surface area (Å²) in [5, 5.41) is 0. The molecule has 3 heteroatoms. The van der Waals surface area contributed by atoms with Crippen molar-refractivity contribution in [2.24, 2.45) is 0 Å². The van der Waals surface area contributed by atoms with E-state index in [9.17, 15) is 3.80 Å². The van der Waals surface area contributed by atoms with Crippen molar-refractivity contribution in [2.45, 2.75) is 6.92 Å². The van der Waals surface area contributed by atoms with Gasteiger partial charge in [-0.2, -0.15) is 0 Å². The van der Waals surface area contributed by atoms with Gasteiger partial charge in [0.2, 0.25) is 0 Å². The van der Waals surface area contributed by atoms with Gasteiger partial charge in [-0.05, 0) is 0 Å². The third-order valence-corrected chi connectivity index (χ3v) is 1.57. The second kappa shape index (κ2) is 3.50. The van der Waals surface area contributed by atoms with E-state index in [4.69, 9.17) is 3.79 Å². The van der Waals surface area contributed by atoms with Crippen molar-refractivity contribution in [2.75, 3.05) is 0 Å². The van der Waals surface area contributed by atoms with Gasteiger partial charge in [-0.1, -0.05) is 0 Å². The summed E-state index contributed by atoms with van der Waals surface area (Å²) in [5.41, 5.74) is 1.17. The second-order valence-electron chi connectivity index (χ2n) is 2.03. The first-order valence-corrected chi connectivity index (χ1v) is 3.94. The van der Waals surface area contributed by atoms with E-state index in [1.54, 1.807) is 12.1 Å². The molecule has 0 fully saturated rings. The van der Waals surface area contributed by atoms with Crippen LogP contribution in [0.5, 0.6) is 5.75 Å². The molecule has 0 amide bonds. The molecule has 0 aromatic heterocycles. The van der Waals surface area contributed by atoms with Crippen LogP contribution in [0.1, 0.15) is 5.56 Å². The quantitative estimate of drug-likeness (QED) is 0.594. The molecule has 0 aliphatic rings. The summed E-state index contributed by atoms with van der Waals surface area (Å²) in [6.45, 7) is 1.99. The molecule has 0 bridgehead atoms. The van der Waals surface area contributed by atoms with Crippen LogP contribution in [-0.2, 0) is 3.80 Å². The molecule has 0 N–H and O–H groups in total. The van der Waals surface area contributed by atoms with Crippen LogP contribution in [0.4, 0.5) is 0 Å². The van der Waals surface area contributed by atoms with Crippen molar-refractivity contribution < 1.29 is 7.59 Å². The molecule has 0 radical (unpaired) electrons. The zero-order valence-corrected chi connectivity index (χ0v) is 6.86. The van der Waals surface area contributed by atoms with Gasteiger partial charge in [-0.25, -0.2) is 0 Å². The second-order valence-corrected chi connectivity index (χ2v) is 2.46. The minimum absolute atomic E-state index is 0.676. The Kier molecular flexibility index (Phi) is 2.61. The molecule has 0 heterocycles. The van der Waals surface area contributed by atoms with E-state index in [0.29, 0.717) is 5.75 Å². The maximum absolute atomic E-state index is 10.0. The predicted molar refractivity (Wildman–Crippen MR) is 38.2 cm³/mol. The number of rotatable bonds is 2. The Bertz CT molecular complexity index is 218. The fraction of sp³-hybridized carbons (Fsp3) is 0.143. The molecular weight excluding hydrogens is 143 g/mol. The van der Waals surface area contributed by atoms with Gasteiger partial charge in [0.25, 0.3) is 0 Å². The van der Waals surface area contributed by atoms with Crippen LogP contribution in [0.15, 0.2) is 24.3 Å². The van der Waals surface area contributed by atoms with E-state index in [-0.39, 0.29) is 0 Å². The topological polar surface area (TPSA) is 26.3 Å². The molecule has 0 saturated carbocycles. The predicted octanol–water partition coefficient (Wildman–Crippen LogP) is 1.34. The molecular formula is C7H7AlO2. The Morgan fingerprint density at radius 2 is 1.90 bits per heavy atom. The van der Waals surface area contributed by atoms with Crippen LogP contribution in [0, 0.1) is 6.92 Å². The van der Waals surface area contributed by atoms with Gasteiger partial charge in [0.15, 0.2) is 0 Å². The third-order valence-electron chi connectivity index (χ3n) is 1.21. The third kappa shape index (κ3) is 1.94. The normalized spacial score (nSPS) is 8.50. The summed E-state index contributed by atoms with van der Waals surface area (Å²) in [6.07, 6.45) is 0. The summed E-state index contributed by atoms with van der Waals surface area (Å²) in [6, 6.07) is 7.45. The zero-order chi connectivity index (χ0) is 7.40. The van der Waals surface area contributed by atoms with Gasteiger partial charge in [0.1, 0.15) is 0 Å². The summed E-state index contributed by atoms with van der Waals surface area (Å²) in [4.78, 5) is 0. The molecule has 10 heavy (non-hydrogen) atoms. The first-order valence-electron chi connectivity index (χ1n) is 3.00. The number of hydrogen-bond donors (Lipinski definition) is 0. The van der Waals surface area contributed by atoms with E-state index in [1.807, 2.05) is 19.1 Å². The molecule has 2 nitrogen and oxygen atoms in total. The summed E-state index contributed by atoms with van der Waals surface area (Å²) >= 11 is -1.13. The van der Waals surface area contributed by atoms with E-state index < -0.39 is 15.5 Å². The van der Waals surface area contributed by atoms with Crippen LogP contribution in [0.3, 0.4) is 0 Å². The zero-order valence-electron chi connectivity index (χ0n) is 5.70. The molecule has 0 atom stereocenters. The van der Waals surface area contributed by atoms with Crippen LogP contribution < -0.4 is 3.79 Å². The summed E-state index contributed by atoms with van der Waals surface area (Å²) in [5.74, 6) is 0.676.